The van der Waals surface area contributed by atoms with E-state index in [0.29, 0.717) is 12.0 Å². The van der Waals surface area contributed by atoms with Crippen LogP contribution < -0.4 is 10.4 Å². The Bertz CT molecular complexity index is 644. The smallest absolute Gasteiger partial charge is 0.379 e. The van der Waals surface area contributed by atoms with Crippen molar-refractivity contribution in [1.82, 2.24) is 5.43 Å². The van der Waals surface area contributed by atoms with E-state index in [1.807, 2.05) is 30.3 Å². The van der Waals surface area contributed by atoms with Gasteiger partial charge in [-0.2, -0.15) is 0 Å². The van der Waals surface area contributed by atoms with E-state index < -0.39 is 11.8 Å². The number of benzene rings is 1. The molecule has 2 fully saturated rings. The minimum Gasteiger partial charge on any atom is -0.455 e. The molecule has 2 saturated heterocycles. The Morgan fingerprint density at radius 2 is 1.86 bits per heavy atom. The number of hydrogen-bond acceptors (Lipinski definition) is 5. The van der Waals surface area contributed by atoms with Crippen LogP contribution in [0.1, 0.15) is 27.2 Å². The Morgan fingerprint density at radius 3 is 2.41 bits per heavy atom. The van der Waals surface area contributed by atoms with E-state index in [0.717, 1.165) is 11.4 Å². The molecule has 22 heavy (non-hydrogen) atoms. The van der Waals surface area contributed by atoms with Crippen LogP contribution in [0.3, 0.4) is 0 Å². The van der Waals surface area contributed by atoms with Gasteiger partial charge in [0.25, 0.3) is 5.78 Å². The molecule has 1 aromatic rings. The van der Waals surface area contributed by atoms with Crippen molar-refractivity contribution >= 4 is 17.4 Å². The standard InChI is InChI=1S/C17H20N2O3/c1-17(2,3)14-9-13(12-10-22-16(21)15(12)20)18-19(14)11-7-5-4-6-8-11/h4-8,14,18H,9-10H2,1-3H3/b13-12+. The van der Waals surface area contributed by atoms with Gasteiger partial charge < -0.3 is 10.2 Å². The molecule has 1 N–H and O–H groups in total. The first-order valence-corrected chi connectivity index (χ1v) is 7.42. The maximum atomic E-state index is 11.9. The normalized spacial score (nSPS) is 25.4. The van der Waals surface area contributed by atoms with Crippen LogP contribution in [0.4, 0.5) is 5.69 Å². The van der Waals surface area contributed by atoms with Gasteiger partial charge in [-0.1, -0.05) is 39.0 Å². The summed E-state index contributed by atoms with van der Waals surface area (Å²) >= 11 is 0. The molecule has 1 atom stereocenters. The number of hydrazine groups is 1. The topological polar surface area (TPSA) is 58.6 Å². The van der Waals surface area contributed by atoms with Gasteiger partial charge in [0, 0.05) is 12.1 Å². The van der Waals surface area contributed by atoms with E-state index in [9.17, 15) is 9.59 Å². The number of Topliss-reactive ketones (excluding diaryl/α,β-unsaturated/α-hetero) is 1. The van der Waals surface area contributed by atoms with Gasteiger partial charge in [-0.15, -0.1) is 0 Å². The van der Waals surface area contributed by atoms with Gasteiger partial charge >= 0.3 is 5.97 Å². The number of nitrogens with one attached hydrogen (secondary N) is 1. The van der Waals surface area contributed by atoms with Crippen molar-refractivity contribution in [1.29, 1.82) is 0 Å². The highest BCUT2D eigenvalue weighted by Crippen LogP contribution is 2.37. The Labute approximate surface area is 129 Å². The second kappa shape index (κ2) is 5.16. The van der Waals surface area contributed by atoms with Crippen LogP contribution in [-0.4, -0.2) is 24.4 Å². The monoisotopic (exact) mass is 300 g/mol. The number of rotatable bonds is 1. The van der Waals surface area contributed by atoms with Crippen molar-refractivity contribution in [3.63, 3.8) is 0 Å². The molecule has 2 heterocycles. The van der Waals surface area contributed by atoms with E-state index in [4.69, 9.17) is 4.74 Å². The van der Waals surface area contributed by atoms with Gasteiger partial charge in [-0.05, 0) is 17.5 Å². The third-order valence-electron chi connectivity index (χ3n) is 4.17. The van der Waals surface area contributed by atoms with E-state index in [-0.39, 0.29) is 18.1 Å². The lowest BCUT2D eigenvalue weighted by molar-refractivity contribution is -0.146. The minimum atomic E-state index is -0.755. The average molecular weight is 300 g/mol. The number of carbonyl (C=O) groups excluding carboxylic acids is 2. The maximum absolute atomic E-state index is 11.9. The number of carbonyl (C=O) groups is 2. The van der Waals surface area contributed by atoms with E-state index in [1.54, 1.807) is 0 Å². The predicted octanol–water partition coefficient (Wildman–Crippen LogP) is 2.20. The van der Waals surface area contributed by atoms with Crippen LogP contribution in [-0.2, 0) is 14.3 Å². The number of cyclic esters (lactones) is 1. The molecule has 0 amide bonds. The van der Waals surface area contributed by atoms with Crippen molar-refractivity contribution in [3.05, 3.63) is 41.6 Å². The number of hydrogen-bond donors (Lipinski definition) is 1. The lowest BCUT2D eigenvalue weighted by Gasteiger charge is -2.35. The minimum absolute atomic E-state index is 0.0116. The number of nitrogens with zero attached hydrogens (tertiary/aromatic N) is 1. The number of ketones is 1. The average Bonchev–Trinajstić information content (AvgIpc) is 3.05. The van der Waals surface area contributed by atoms with Crippen LogP contribution >= 0.6 is 0 Å². The lowest BCUT2D eigenvalue weighted by Crippen LogP contribution is -2.44. The quantitative estimate of drug-likeness (QED) is 0.489. The SMILES string of the molecule is CC(C)(C)C1C/C(=C2/COC(=O)C2=O)NN1c1ccccc1. The van der Waals surface area contributed by atoms with Crippen LogP contribution in [0.15, 0.2) is 41.6 Å². The Hall–Kier alpha value is -2.30. The van der Waals surface area contributed by atoms with Gasteiger partial charge in [0.1, 0.15) is 6.61 Å². The molecule has 1 aromatic carbocycles. The zero-order valence-electron chi connectivity index (χ0n) is 13.1. The highest BCUT2D eigenvalue weighted by molar-refractivity contribution is 6.42. The third kappa shape index (κ3) is 2.47. The summed E-state index contributed by atoms with van der Waals surface area (Å²) < 4.78 is 4.85. The van der Waals surface area contributed by atoms with Crippen molar-refractivity contribution in [2.24, 2.45) is 5.41 Å². The Morgan fingerprint density at radius 1 is 1.18 bits per heavy atom. The molecule has 5 nitrogen and oxygen atoms in total. The first-order chi connectivity index (χ1) is 10.4. The van der Waals surface area contributed by atoms with Crippen molar-refractivity contribution in [3.8, 4) is 0 Å². The fourth-order valence-electron chi connectivity index (χ4n) is 2.89. The third-order valence-corrected chi connectivity index (χ3v) is 4.17. The molecule has 2 aliphatic rings. The molecule has 3 rings (SSSR count). The van der Waals surface area contributed by atoms with E-state index in [2.05, 4.69) is 31.2 Å². The highest BCUT2D eigenvalue weighted by atomic mass is 16.5. The molecule has 116 valence electrons. The number of esters is 1. The number of para-hydroxylation sites is 1. The Balaban J connectivity index is 1.98. The molecule has 0 saturated carbocycles. The molecule has 0 radical (unpaired) electrons. The zero-order valence-corrected chi connectivity index (χ0v) is 13.1. The van der Waals surface area contributed by atoms with Gasteiger partial charge in [-0.3, -0.25) is 9.80 Å². The molecular weight excluding hydrogens is 280 g/mol. The summed E-state index contributed by atoms with van der Waals surface area (Å²) in [7, 11) is 0. The number of anilines is 1. The van der Waals surface area contributed by atoms with Gasteiger partial charge in [0.2, 0.25) is 0 Å². The highest BCUT2D eigenvalue weighted by Gasteiger charge is 2.41. The molecule has 5 heteroatoms. The van der Waals surface area contributed by atoms with Crippen LogP contribution in [0, 0.1) is 5.41 Å². The van der Waals surface area contributed by atoms with Crippen molar-refractivity contribution in [2.45, 2.75) is 33.2 Å². The molecular formula is C17H20N2O3. The van der Waals surface area contributed by atoms with Crippen LogP contribution in [0.5, 0.6) is 0 Å². The fraction of sp³-hybridized carbons (Fsp3) is 0.412. The second-order valence-corrected chi connectivity index (χ2v) is 6.77. The summed E-state index contributed by atoms with van der Waals surface area (Å²) in [6, 6.07) is 10.2. The van der Waals surface area contributed by atoms with E-state index in [1.165, 1.54) is 0 Å². The molecule has 2 aliphatic heterocycles. The zero-order chi connectivity index (χ0) is 15.9. The molecule has 0 aromatic heterocycles. The number of ether oxygens (including phenoxy) is 1. The van der Waals surface area contributed by atoms with Crippen molar-refractivity contribution < 1.29 is 14.3 Å². The van der Waals surface area contributed by atoms with Gasteiger partial charge in [0.05, 0.1) is 17.3 Å². The molecule has 0 spiro atoms. The van der Waals surface area contributed by atoms with Crippen LogP contribution in [0.2, 0.25) is 0 Å². The molecule has 0 bridgehead atoms. The van der Waals surface area contributed by atoms with Gasteiger partial charge in [0.15, 0.2) is 0 Å². The predicted molar refractivity (Wildman–Crippen MR) is 82.9 cm³/mol. The summed E-state index contributed by atoms with van der Waals surface area (Å²) in [6.07, 6.45) is 0.691. The summed E-state index contributed by atoms with van der Waals surface area (Å²) in [5.41, 5.74) is 5.61. The lowest BCUT2D eigenvalue weighted by atomic mass is 9.84. The van der Waals surface area contributed by atoms with Gasteiger partial charge in [-0.25, -0.2) is 4.79 Å². The Kier molecular flexibility index (Phi) is 3.43. The summed E-state index contributed by atoms with van der Waals surface area (Å²) in [4.78, 5) is 23.2. The summed E-state index contributed by atoms with van der Waals surface area (Å²) in [5.74, 6) is -1.28. The van der Waals surface area contributed by atoms with Crippen LogP contribution in [0.25, 0.3) is 0 Å². The maximum Gasteiger partial charge on any atom is 0.379 e. The summed E-state index contributed by atoms with van der Waals surface area (Å²) in [5, 5.41) is 2.08. The van der Waals surface area contributed by atoms with E-state index >= 15 is 0 Å². The first-order valence-electron chi connectivity index (χ1n) is 7.42. The first kappa shape index (κ1) is 14.6. The molecule has 1 unspecified atom stereocenters. The largest absolute Gasteiger partial charge is 0.455 e. The fourth-order valence-corrected chi connectivity index (χ4v) is 2.89. The van der Waals surface area contributed by atoms with Crippen molar-refractivity contribution in [2.75, 3.05) is 11.6 Å². The second-order valence-electron chi connectivity index (χ2n) is 6.77. The molecule has 0 aliphatic carbocycles. The summed E-state index contributed by atoms with van der Waals surface area (Å²) in [6.45, 7) is 6.57.